The predicted octanol–water partition coefficient (Wildman–Crippen LogP) is 5.51. The van der Waals surface area contributed by atoms with E-state index in [9.17, 15) is 20.1 Å². The van der Waals surface area contributed by atoms with Gasteiger partial charge in [0.05, 0.1) is 17.8 Å². The molecule has 9 atom stereocenters. The first-order valence-electron chi connectivity index (χ1n) is 13.7. The van der Waals surface area contributed by atoms with Crippen molar-refractivity contribution in [3.05, 3.63) is 0 Å². The van der Waals surface area contributed by atoms with Crippen LogP contribution >= 0.6 is 0 Å². The van der Waals surface area contributed by atoms with Crippen molar-refractivity contribution in [2.75, 3.05) is 0 Å². The van der Waals surface area contributed by atoms with E-state index in [0.29, 0.717) is 36.4 Å². The molecule has 4 aliphatic rings. The van der Waals surface area contributed by atoms with E-state index in [1.807, 2.05) is 0 Å². The number of aliphatic hydroxyl groups excluding tert-OH is 2. The molecule has 0 radical (unpaired) electrons. The Bertz CT molecular complexity index is 768. The molecule has 4 rings (SSSR count). The fourth-order valence-corrected chi connectivity index (χ4v) is 9.94. The van der Waals surface area contributed by atoms with E-state index >= 15 is 0 Å². The van der Waals surface area contributed by atoms with E-state index in [-0.39, 0.29) is 33.7 Å². The number of fused-ring (bicyclic) bond motifs is 5. The van der Waals surface area contributed by atoms with Crippen molar-refractivity contribution in [1.82, 2.24) is 0 Å². The lowest BCUT2D eigenvalue weighted by Gasteiger charge is -2.69. The van der Waals surface area contributed by atoms with Crippen molar-refractivity contribution in [3.8, 4) is 0 Å². The topological polar surface area (TPSA) is 77.8 Å². The first-order chi connectivity index (χ1) is 15.1. The second-order valence-corrected chi connectivity index (χ2v) is 14.4. The lowest BCUT2D eigenvalue weighted by Crippen LogP contribution is -2.63. The monoisotopic (exact) mass is 462 g/mol. The maximum atomic E-state index is 13.3. The maximum absolute atomic E-state index is 13.3. The molecule has 0 aromatic carbocycles. The second-order valence-electron chi connectivity index (χ2n) is 14.4. The van der Waals surface area contributed by atoms with Gasteiger partial charge in [0, 0.05) is 12.3 Å². The van der Waals surface area contributed by atoms with E-state index < -0.39 is 11.7 Å². The molecule has 3 N–H and O–H groups in total. The third kappa shape index (κ3) is 3.68. The summed E-state index contributed by atoms with van der Waals surface area (Å²) in [5.74, 6) is 2.07. The summed E-state index contributed by atoms with van der Waals surface area (Å²) in [6.45, 7) is 15.4. The Kier molecular flexibility index (Phi) is 6.24. The molecule has 0 aromatic rings. The van der Waals surface area contributed by atoms with Crippen LogP contribution in [0, 0.1) is 45.3 Å². The molecule has 4 fully saturated rings. The molecular weight excluding hydrogens is 412 g/mol. The minimum absolute atomic E-state index is 0.0262. The molecule has 0 amide bonds. The van der Waals surface area contributed by atoms with Crippen LogP contribution < -0.4 is 0 Å². The molecule has 0 bridgehead atoms. The average Bonchev–Trinajstić information content (AvgIpc) is 3.07. The van der Waals surface area contributed by atoms with Crippen molar-refractivity contribution >= 4 is 5.78 Å². The first kappa shape index (κ1) is 25.6. The van der Waals surface area contributed by atoms with Gasteiger partial charge in [-0.25, -0.2) is 0 Å². The van der Waals surface area contributed by atoms with Crippen molar-refractivity contribution in [1.29, 1.82) is 0 Å². The zero-order valence-electron chi connectivity index (χ0n) is 22.3. The van der Waals surface area contributed by atoms with Crippen LogP contribution in [-0.4, -0.2) is 38.9 Å². The van der Waals surface area contributed by atoms with Crippen LogP contribution in [0.4, 0.5) is 0 Å². The molecule has 4 saturated carbocycles. The van der Waals surface area contributed by atoms with Gasteiger partial charge in [-0.2, -0.15) is 0 Å². The fraction of sp³-hybridized carbons (Fsp3) is 0.966. The molecule has 4 aliphatic carbocycles. The minimum Gasteiger partial charge on any atom is -0.393 e. The van der Waals surface area contributed by atoms with Crippen LogP contribution in [0.15, 0.2) is 0 Å². The molecule has 4 heteroatoms. The van der Waals surface area contributed by atoms with Crippen molar-refractivity contribution in [2.24, 2.45) is 45.3 Å². The number of ketones is 1. The largest absolute Gasteiger partial charge is 0.393 e. The summed E-state index contributed by atoms with van der Waals surface area (Å²) >= 11 is 0. The number of aliphatic hydroxyl groups is 3. The molecular formula is C29H50O4. The van der Waals surface area contributed by atoms with Crippen molar-refractivity contribution in [3.63, 3.8) is 0 Å². The predicted molar refractivity (Wildman–Crippen MR) is 132 cm³/mol. The van der Waals surface area contributed by atoms with Crippen LogP contribution in [0.3, 0.4) is 0 Å². The number of rotatable bonds is 5. The summed E-state index contributed by atoms with van der Waals surface area (Å²) in [4.78, 5) is 13.3. The van der Waals surface area contributed by atoms with E-state index in [4.69, 9.17) is 0 Å². The molecule has 0 unspecified atom stereocenters. The number of hydrogen-bond acceptors (Lipinski definition) is 4. The van der Waals surface area contributed by atoms with Gasteiger partial charge < -0.3 is 15.3 Å². The van der Waals surface area contributed by atoms with Crippen LogP contribution in [-0.2, 0) is 4.79 Å². The quantitative estimate of drug-likeness (QED) is 0.503. The minimum atomic E-state index is -1.16. The van der Waals surface area contributed by atoms with Gasteiger partial charge in [-0.1, -0.05) is 34.6 Å². The Balaban J connectivity index is 1.55. The molecule has 190 valence electrons. The zero-order chi connectivity index (χ0) is 24.6. The SMILES string of the molecule is CC(C)(O)[C@@H](O)CCC(=O)[C@H]1CC[C@]2(C)[C@@H]1CC[C@@H]1[C@@]3(C)CC[C@H](O)C(C)(C)[C@@H]3CC[C@]12C. The average molecular weight is 463 g/mol. The van der Waals surface area contributed by atoms with Gasteiger partial charge in [-0.3, -0.25) is 4.79 Å². The van der Waals surface area contributed by atoms with E-state index in [2.05, 4.69) is 34.6 Å². The standard InChI is InChI=1S/C29H50O4/c1-25(2)21-13-17-29(7)22(27(21,5)15-14-23(25)31)10-8-19-18(12-16-28(19,29)6)20(30)9-11-24(32)26(3,4)33/h18-19,21-24,31-33H,8-17H2,1-7H3/t18-,19+,21-,22+,23-,24-,27-,28+,29+/m0/s1. The van der Waals surface area contributed by atoms with Crippen LogP contribution in [0.25, 0.3) is 0 Å². The highest BCUT2D eigenvalue weighted by molar-refractivity contribution is 5.81. The Morgan fingerprint density at radius 1 is 0.909 bits per heavy atom. The number of Topliss-reactive ketones (excluding diaryl/α,β-unsaturated/α-hetero) is 1. The molecule has 0 aromatic heterocycles. The van der Waals surface area contributed by atoms with Gasteiger partial charge in [0.2, 0.25) is 0 Å². The maximum Gasteiger partial charge on any atom is 0.136 e. The van der Waals surface area contributed by atoms with Crippen LogP contribution in [0.5, 0.6) is 0 Å². The van der Waals surface area contributed by atoms with Crippen molar-refractivity contribution in [2.45, 2.75) is 130 Å². The van der Waals surface area contributed by atoms with Gasteiger partial charge in [-0.05, 0) is 111 Å². The Labute approximate surface area is 201 Å². The number of carbonyl (C=O) groups is 1. The smallest absolute Gasteiger partial charge is 0.136 e. The van der Waals surface area contributed by atoms with Crippen molar-refractivity contribution < 1.29 is 20.1 Å². The summed E-state index contributed by atoms with van der Waals surface area (Å²) in [6.07, 6.45) is 8.53. The molecule has 33 heavy (non-hydrogen) atoms. The van der Waals surface area contributed by atoms with Gasteiger partial charge >= 0.3 is 0 Å². The Morgan fingerprint density at radius 2 is 1.55 bits per heavy atom. The second kappa shape index (κ2) is 8.03. The summed E-state index contributed by atoms with van der Waals surface area (Å²) in [5, 5.41) is 31.1. The molecule has 0 saturated heterocycles. The lowest BCUT2D eigenvalue weighted by atomic mass is 9.35. The number of carbonyl (C=O) groups excluding carboxylic acids is 1. The molecule has 4 nitrogen and oxygen atoms in total. The highest BCUT2D eigenvalue weighted by atomic mass is 16.3. The van der Waals surface area contributed by atoms with Gasteiger partial charge in [0.25, 0.3) is 0 Å². The fourth-order valence-electron chi connectivity index (χ4n) is 9.94. The lowest BCUT2D eigenvalue weighted by molar-refractivity contribution is -0.221. The van der Waals surface area contributed by atoms with Gasteiger partial charge in [0.1, 0.15) is 5.78 Å². The summed E-state index contributed by atoms with van der Waals surface area (Å²) in [6, 6.07) is 0. The highest BCUT2D eigenvalue weighted by Gasteiger charge is 2.68. The molecule has 0 aliphatic heterocycles. The summed E-state index contributed by atoms with van der Waals surface area (Å²) in [5.41, 5.74) is -0.504. The van der Waals surface area contributed by atoms with Gasteiger partial charge in [0.15, 0.2) is 0 Å². The summed E-state index contributed by atoms with van der Waals surface area (Å²) < 4.78 is 0. The third-order valence-electron chi connectivity index (χ3n) is 12.3. The van der Waals surface area contributed by atoms with E-state index in [0.717, 1.165) is 32.1 Å². The normalized spacial score (nSPS) is 47.9. The molecule has 0 heterocycles. The van der Waals surface area contributed by atoms with Gasteiger partial charge in [-0.15, -0.1) is 0 Å². The Hall–Kier alpha value is -0.450. The molecule has 0 spiro atoms. The summed E-state index contributed by atoms with van der Waals surface area (Å²) in [7, 11) is 0. The highest BCUT2D eigenvalue weighted by Crippen LogP contribution is 2.75. The van der Waals surface area contributed by atoms with Crippen LogP contribution in [0.1, 0.15) is 113 Å². The Morgan fingerprint density at radius 3 is 2.18 bits per heavy atom. The first-order valence-corrected chi connectivity index (χ1v) is 13.7. The van der Waals surface area contributed by atoms with Crippen LogP contribution in [0.2, 0.25) is 0 Å². The zero-order valence-corrected chi connectivity index (χ0v) is 22.3. The van der Waals surface area contributed by atoms with E-state index in [1.54, 1.807) is 13.8 Å². The third-order valence-corrected chi connectivity index (χ3v) is 12.3. The van der Waals surface area contributed by atoms with E-state index in [1.165, 1.54) is 19.3 Å². The number of hydrogen-bond donors (Lipinski definition) is 3.